The molecule has 0 aromatic heterocycles. The summed E-state index contributed by atoms with van der Waals surface area (Å²) in [5.41, 5.74) is 1.76. The van der Waals surface area contributed by atoms with Crippen molar-refractivity contribution < 1.29 is 13.5 Å². The van der Waals surface area contributed by atoms with Crippen molar-refractivity contribution in [2.45, 2.75) is 13.0 Å². The van der Waals surface area contributed by atoms with Gasteiger partial charge in [0.05, 0.1) is 13.2 Å². The van der Waals surface area contributed by atoms with Gasteiger partial charge in [0, 0.05) is 5.56 Å². The highest BCUT2D eigenvalue weighted by Gasteiger charge is 2.21. The smallest absolute Gasteiger partial charge is 0.131 e. The lowest BCUT2D eigenvalue weighted by Gasteiger charge is -2.21. The molecule has 0 amide bonds. The molecule has 4 heteroatoms. The SMILES string of the molecule is CNC(c1ccc(OC)cc1C)c1c(F)cccc1F. The van der Waals surface area contributed by atoms with Gasteiger partial charge in [0.15, 0.2) is 0 Å². The first-order valence-electron chi connectivity index (χ1n) is 6.34. The van der Waals surface area contributed by atoms with Crippen LogP contribution in [-0.2, 0) is 0 Å². The predicted octanol–water partition coefficient (Wildman–Crippen LogP) is 3.59. The second-order valence-corrected chi connectivity index (χ2v) is 4.58. The molecule has 0 bridgehead atoms. The molecular weight excluding hydrogens is 260 g/mol. The van der Waals surface area contributed by atoms with Crippen LogP contribution in [0.5, 0.6) is 5.75 Å². The molecular formula is C16H17F2NO. The minimum absolute atomic E-state index is 0.0308. The number of aryl methyl sites for hydroxylation is 1. The standard InChI is InChI=1S/C16H17F2NO/c1-10-9-11(20-3)7-8-12(10)16(19-2)15-13(17)5-4-6-14(15)18/h4-9,16,19H,1-3H3. The summed E-state index contributed by atoms with van der Waals surface area (Å²) in [6.07, 6.45) is 0. The molecule has 20 heavy (non-hydrogen) atoms. The monoisotopic (exact) mass is 277 g/mol. The van der Waals surface area contributed by atoms with E-state index in [1.807, 2.05) is 19.1 Å². The first-order valence-corrected chi connectivity index (χ1v) is 6.34. The van der Waals surface area contributed by atoms with Gasteiger partial charge in [-0.2, -0.15) is 0 Å². The van der Waals surface area contributed by atoms with Crippen molar-refractivity contribution in [3.05, 3.63) is 64.7 Å². The Kier molecular flexibility index (Phi) is 4.35. The molecule has 0 aliphatic rings. The summed E-state index contributed by atoms with van der Waals surface area (Å²) in [5.74, 6) is -0.394. The third-order valence-corrected chi connectivity index (χ3v) is 3.37. The Morgan fingerprint density at radius 1 is 1.10 bits per heavy atom. The van der Waals surface area contributed by atoms with Crippen LogP contribution in [-0.4, -0.2) is 14.2 Å². The van der Waals surface area contributed by atoms with Gasteiger partial charge >= 0.3 is 0 Å². The van der Waals surface area contributed by atoms with Gasteiger partial charge in [-0.1, -0.05) is 12.1 Å². The van der Waals surface area contributed by atoms with Crippen molar-refractivity contribution in [3.8, 4) is 5.75 Å². The number of hydrogen-bond acceptors (Lipinski definition) is 2. The Bertz CT molecular complexity index is 593. The van der Waals surface area contributed by atoms with Gasteiger partial charge in [0.1, 0.15) is 17.4 Å². The Hall–Kier alpha value is -1.94. The highest BCUT2D eigenvalue weighted by atomic mass is 19.1. The number of halogens is 2. The summed E-state index contributed by atoms with van der Waals surface area (Å²) < 4.78 is 33.0. The van der Waals surface area contributed by atoms with Gasteiger partial charge < -0.3 is 10.1 Å². The normalized spacial score (nSPS) is 12.2. The lowest BCUT2D eigenvalue weighted by atomic mass is 9.94. The van der Waals surface area contributed by atoms with E-state index in [9.17, 15) is 8.78 Å². The fraction of sp³-hybridized carbons (Fsp3) is 0.250. The molecule has 2 aromatic rings. The topological polar surface area (TPSA) is 21.3 Å². The van der Waals surface area contributed by atoms with Crippen LogP contribution >= 0.6 is 0 Å². The van der Waals surface area contributed by atoms with Gasteiger partial charge in [0.25, 0.3) is 0 Å². The van der Waals surface area contributed by atoms with Crippen LogP contribution in [0.15, 0.2) is 36.4 Å². The van der Waals surface area contributed by atoms with E-state index in [-0.39, 0.29) is 5.56 Å². The van der Waals surface area contributed by atoms with Crippen LogP contribution in [0.2, 0.25) is 0 Å². The van der Waals surface area contributed by atoms with Crippen molar-refractivity contribution in [1.29, 1.82) is 0 Å². The van der Waals surface area contributed by atoms with Crippen molar-refractivity contribution in [2.24, 2.45) is 0 Å². The summed E-state index contributed by atoms with van der Waals surface area (Å²) in [6, 6.07) is 8.80. The van der Waals surface area contributed by atoms with Gasteiger partial charge in [-0.15, -0.1) is 0 Å². The number of hydrogen-bond donors (Lipinski definition) is 1. The number of benzene rings is 2. The Morgan fingerprint density at radius 3 is 2.25 bits per heavy atom. The molecule has 0 radical (unpaired) electrons. The highest BCUT2D eigenvalue weighted by molar-refractivity contribution is 5.41. The van der Waals surface area contributed by atoms with Crippen LogP contribution < -0.4 is 10.1 Å². The summed E-state index contributed by atoms with van der Waals surface area (Å²) in [7, 11) is 3.26. The van der Waals surface area contributed by atoms with Gasteiger partial charge in [-0.05, 0) is 49.4 Å². The van der Waals surface area contributed by atoms with E-state index in [2.05, 4.69) is 5.32 Å². The average molecular weight is 277 g/mol. The number of nitrogens with one attached hydrogen (secondary N) is 1. The molecule has 0 heterocycles. The van der Waals surface area contributed by atoms with E-state index in [1.54, 1.807) is 20.2 Å². The minimum atomic E-state index is -0.556. The molecule has 0 saturated carbocycles. The van der Waals surface area contributed by atoms with E-state index in [1.165, 1.54) is 18.2 Å². The largest absolute Gasteiger partial charge is 0.497 e. The van der Waals surface area contributed by atoms with E-state index < -0.39 is 17.7 Å². The molecule has 1 unspecified atom stereocenters. The first-order chi connectivity index (χ1) is 9.58. The Morgan fingerprint density at radius 2 is 1.75 bits per heavy atom. The second-order valence-electron chi connectivity index (χ2n) is 4.58. The minimum Gasteiger partial charge on any atom is -0.497 e. The Labute approximate surface area is 117 Å². The van der Waals surface area contributed by atoms with Gasteiger partial charge in [-0.25, -0.2) is 8.78 Å². The molecule has 2 nitrogen and oxygen atoms in total. The highest BCUT2D eigenvalue weighted by Crippen LogP contribution is 2.30. The maximum atomic E-state index is 13.9. The molecule has 0 saturated heterocycles. The van der Waals surface area contributed by atoms with Crippen molar-refractivity contribution in [1.82, 2.24) is 5.32 Å². The van der Waals surface area contributed by atoms with Crippen LogP contribution in [0.1, 0.15) is 22.7 Å². The molecule has 2 rings (SSSR count). The van der Waals surface area contributed by atoms with E-state index in [0.717, 1.165) is 16.9 Å². The van der Waals surface area contributed by atoms with E-state index in [4.69, 9.17) is 4.74 Å². The molecule has 0 aliphatic carbocycles. The maximum absolute atomic E-state index is 13.9. The quantitative estimate of drug-likeness (QED) is 0.922. The van der Waals surface area contributed by atoms with Gasteiger partial charge in [0.2, 0.25) is 0 Å². The molecule has 1 atom stereocenters. The number of rotatable bonds is 4. The average Bonchev–Trinajstić information content (AvgIpc) is 2.43. The zero-order valence-electron chi connectivity index (χ0n) is 11.7. The fourth-order valence-electron chi connectivity index (χ4n) is 2.34. The first kappa shape index (κ1) is 14.5. The van der Waals surface area contributed by atoms with Gasteiger partial charge in [-0.3, -0.25) is 0 Å². The summed E-state index contributed by atoms with van der Waals surface area (Å²) in [4.78, 5) is 0. The van der Waals surface area contributed by atoms with E-state index >= 15 is 0 Å². The molecule has 0 fully saturated rings. The van der Waals surface area contributed by atoms with Crippen LogP contribution in [0, 0.1) is 18.6 Å². The zero-order chi connectivity index (χ0) is 14.7. The lowest BCUT2D eigenvalue weighted by Crippen LogP contribution is -2.21. The third kappa shape index (κ3) is 2.65. The lowest BCUT2D eigenvalue weighted by molar-refractivity contribution is 0.414. The van der Waals surface area contributed by atoms with Crippen LogP contribution in [0.25, 0.3) is 0 Å². The zero-order valence-corrected chi connectivity index (χ0v) is 11.7. The molecule has 2 aromatic carbocycles. The van der Waals surface area contributed by atoms with Crippen LogP contribution in [0.3, 0.4) is 0 Å². The molecule has 0 spiro atoms. The second kappa shape index (κ2) is 6.01. The third-order valence-electron chi connectivity index (χ3n) is 3.37. The number of methoxy groups -OCH3 is 1. The molecule has 106 valence electrons. The summed E-state index contributed by atoms with van der Waals surface area (Å²) in [5, 5.41) is 2.97. The van der Waals surface area contributed by atoms with Crippen molar-refractivity contribution >= 4 is 0 Å². The fourth-order valence-corrected chi connectivity index (χ4v) is 2.34. The maximum Gasteiger partial charge on any atom is 0.131 e. The number of ether oxygens (including phenoxy) is 1. The summed E-state index contributed by atoms with van der Waals surface area (Å²) in [6.45, 7) is 1.89. The van der Waals surface area contributed by atoms with Crippen LogP contribution in [0.4, 0.5) is 8.78 Å². The summed E-state index contributed by atoms with van der Waals surface area (Å²) >= 11 is 0. The predicted molar refractivity (Wildman–Crippen MR) is 75.0 cm³/mol. The molecule has 0 aliphatic heterocycles. The van der Waals surface area contributed by atoms with Crippen molar-refractivity contribution in [2.75, 3.05) is 14.2 Å². The Balaban J connectivity index is 2.53. The molecule has 1 N–H and O–H groups in total. The van der Waals surface area contributed by atoms with E-state index in [0.29, 0.717) is 0 Å². The van der Waals surface area contributed by atoms with Crippen molar-refractivity contribution in [3.63, 3.8) is 0 Å².